The smallest absolute Gasteiger partial charge is 0.110 e. The molecular formula is C8H12N2O. The van der Waals surface area contributed by atoms with Crippen LogP contribution >= 0.6 is 0 Å². The average Bonchev–Trinajstić information content (AvgIpc) is 2.28. The van der Waals surface area contributed by atoms with Crippen molar-refractivity contribution >= 4 is 5.71 Å². The molecule has 0 fully saturated rings. The van der Waals surface area contributed by atoms with Crippen molar-refractivity contribution in [1.29, 1.82) is 0 Å². The second-order valence-corrected chi connectivity index (χ2v) is 2.54. The summed E-state index contributed by atoms with van der Waals surface area (Å²) in [5.74, 6) is 6.89. The molecule has 0 saturated carbocycles. The highest BCUT2D eigenvalue weighted by Crippen LogP contribution is 2.13. The Morgan fingerprint density at radius 3 is 2.55 bits per heavy atom. The summed E-state index contributed by atoms with van der Waals surface area (Å²) in [6.07, 6.45) is 0. The third kappa shape index (κ3) is 1.42. The molecule has 0 aliphatic carbocycles. The molecule has 3 heteroatoms. The maximum absolute atomic E-state index is 5.30. The van der Waals surface area contributed by atoms with Crippen molar-refractivity contribution in [3.05, 3.63) is 23.2 Å². The molecule has 0 amide bonds. The van der Waals surface area contributed by atoms with Crippen molar-refractivity contribution in [1.82, 2.24) is 0 Å². The molecule has 2 N–H and O–H groups in total. The van der Waals surface area contributed by atoms with Crippen molar-refractivity contribution in [3.63, 3.8) is 0 Å². The Morgan fingerprint density at radius 1 is 1.55 bits per heavy atom. The van der Waals surface area contributed by atoms with Crippen LogP contribution in [0.2, 0.25) is 0 Å². The molecule has 0 aliphatic heterocycles. The first-order chi connectivity index (χ1) is 5.15. The Kier molecular flexibility index (Phi) is 1.98. The van der Waals surface area contributed by atoms with E-state index in [-0.39, 0.29) is 0 Å². The highest BCUT2D eigenvalue weighted by atomic mass is 16.3. The molecule has 11 heavy (non-hydrogen) atoms. The predicted molar refractivity (Wildman–Crippen MR) is 44.6 cm³/mol. The van der Waals surface area contributed by atoms with Gasteiger partial charge < -0.3 is 10.3 Å². The minimum Gasteiger partial charge on any atom is -0.466 e. The van der Waals surface area contributed by atoms with E-state index >= 15 is 0 Å². The standard InChI is InChI=1S/C8H12N2O/c1-5-4-8(6(2)10-9)7(3)11-5/h4H,9H2,1-3H3/b10-6-. The Morgan fingerprint density at radius 2 is 2.18 bits per heavy atom. The lowest BCUT2D eigenvalue weighted by Crippen LogP contribution is -1.98. The maximum atomic E-state index is 5.30. The van der Waals surface area contributed by atoms with Gasteiger partial charge in [-0.1, -0.05) is 0 Å². The van der Waals surface area contributed by atoms with Crippen LogP contribution in [-0.4, -0.2) is 5.71 Å². The van der Waals surface area contributed by atoms with Gasteiger partial charge >= 0.3 is 0 Å². The number of hydrogen-bond donors (Lipinski definition) is 1. The van der Waals surface area contributed by atoms with Crippen molar-refractivity contribution in [2.24, 2.45) is 10.9 Å². The molecule has 60 valence electrons. The van der Waals surface area contributed by atoms with E-state index in [0.29, 0.717) is 0 Å². The molecule has 0 atom stereocenters. The van der Waals surface area contributed by atoms with Crippen LogP contribution in [-0.2, 0) is 0 Å². The number of nitrogens with zero attached hydrogens (tertiary/aromatic N) is 1. The lowest BCUT2D eigenvalue weighted by Gasteiger charge is -1.92. The quantitative estimate of drug-likeness (QED) is 0.377. The van der Waals surface area contributed by atoms with E-state index in [1.807, 2.05) is 26.8 Å². The number of hydrazone groups is 1. The molecular weight excluding hydrogens is 140 g/mol. The van der Waals surface area contributed by atoms with Crippen LogP contribution in [0.1, 0.15) is 24.0 Å². The van der Waals surface area contributed by atoms with E-state index in [9.17, 15) is 0 Å². The summed E-state index contributed by atoms with van der Waals surface area (Å²) in [7, 11) is 0. The minimum atomic E-state index is 0.805. The molecule has 1 aromatic heterocycles. The van der Waals surface area contributed by atoms with E-state index in [2.05, 4.69) is 5.10 Å². The largest absolute Gasteiger partial charge is 0.466 e. The Bertz CT molecular complexity index is 286. The molecule has 0 radical (unpaired) electrons. The van der Waals surface area contributed by atoms with Gasteiger partial charge in [-0.2, -0.15) is 5.10 Å². The highest BCUT2D eigenvalue weighted by Gasteiger charge is 2.06. The van der Waals surface area contributed by atoms with Crippen molar-refractivity contribution in [3.8, 4) is 0 Å². The number of furan rings is 1. The van der Waals surface area contributed by atoms with Crippen LogP contribution in [0, 0.1) is 13.8 Å². The Balaban J connectivity index is 3.13. The monoisotopic (exact) mass is 152 g/mol. The minimum absolute atomic E-state index is 0.805. The molecule has 1 aromatic rings. The van der Waals surface area contributed by atoms with E-state index in [1.54, 1.807) is 0 Å². The summed E-state index contributed by atoms with van der Waals surface area (Å²) in [4.78, 5) is 0. The van der Waals surface area contributed by atoms with E-state index < -0.39 is 0 Å². The van der Waals surface area contributed by atoms with Gasteiger partial charge in [-0.15, -0.1) is 0 Å². The van der Waals surface area contributed by atoms with Crippen molar-refractivity contribution < 1.29 is 4.42 Å². The molecule has 0 spiro atoms. The maximum Gasteiger partial charge on any atom is 0.110 e. The van der Waals surface area contributed by atoms with Gasteiger partial charge in [0, 0.05) is 5.56 Å². The summed E-state index contributed by atoms with van der Waals surface area (Å²) in [6, 6.07) is 1.93. The lowest BCUT2D eigenvalue weighted by molar-refractivity contribution is 0.504. The van der Waals surface area contributed by atoms with Gasteiger partial charge in [-0.05, 0) is 26.8 Å². The fourth-order valence-corrected chi connectivity index (χ4v) is 1.06. The zero-order chi connectivity index (χ0) is 8.43. The number of hydrogen-bond acceptors (Lipinski definition) is 3. The third-order valence-corrected chi connectivity index (χ3v) is 1.62. The van der Waals surface area contributed by atoms with Crippen LogP contribution in [0.3, 0.4) is 0 Å². The van der Waals surface area contributed by atoms with Gasteiger partial charge in [-0.25, -0.2) is 0 Å². The second kappa shape index (κ2) is 2.78. The van der Waals surface area contributed by atoms with E-state index in [0.717, 1.165) is 22.8 Å². The topological polar surface area (TPSA) is 51.5 Å². The van der Waals surface area contributed by atoms with Gasteiger partial charge in [0.25, 0.3) is 0 Å². The van der Waals surface area contributed by atoms with E-state index in [4.69, 9.17) is 10.3 Å². The van der Waals surface area contributed by atoms with Crippen LogP contribution in [0.5, 0.6) is 0 Å². The normalized spacial score (nSPS) is 12.1. The first-order valence-electron chi connectivity index (χ1n) is 3.47. The molecule has 0 unspecified atom stereocenters. The average molecular weight is 152 g/mol. The summed E-state index contributed by atoms with van der Waals surface area (Å²) in [5, 5.41) is 3.59. The van der Waals surface area contributed by atoms with Crippen molar-refractivity contribution in [2.75, 3.05) is 0 Å². The molecule has 1 rings (SSSR count). The zero-order valence-corrected chi connectivity index (χ0v) is 7.01. The fourth-order valence-electron chi connectivity index (χ4n) is 1.06. The fraction of sp³-hybridized carbons (Fsp3) is 0.375. The SMILES string of the molecule is C/C(=N/N)c1cc(C)oc1C. The molecule has 1 heterocycles. The molecule has 0 saturated heterocycles. The van der Waals surface area contributed by atoms with Gasteiger partial charge in [0.2, 0.25) is 0 Å². The number of nitrogens with two attached hydrogens (primary N) is 1. The van der Waals surface area contributed by atoms with Crippen LogP contribution in [0.15, 0.2) is 15.6 Å². The van der Waals surface area contributed by atoms with Gasteiger partial charge in [0.15, 0.2) is 0 Å². The second-order valence-electron chi connectivity index (χ2n) is 2.54. The zero-order valence-electron chi connectivity index (χ0n) is 7.01. The first-order valence-corrected chi connectivity index (χ1v) is 3.47. The Hall–Kier alpha value is -1.25. The van der Waals surface area contributed by atoms with Crippen LogP contribution < -0.4 is 5.84 Å². The summed E-state index contributed by atoms with van der Waals surface area (Å²) < 4.78 is 5.30. The summed E-state index contributed by atoms with van der Waals surface area (Å²) >= 11 is 0. The summed E-state index contributed by atoms with van der Waals surface area (Å²) in [5.41, 5.74) is 1.80. The summed E-state index contributed by atoms with van der Waals surface area (Å²) in [6.45, 7) is 5.66. The Labute approximate surface area is 65.9 Å². The van der Waals surface area contributed by atoms with Crippen LogP contribution in [0.25, 0.3) is 0 Å². The number of aryl methyl sites for hydroxylation is 2. The highest BCUT2D eigenvalue weighted by molar-refractivity contribution is 5.99. The van der Waals surface area contributed by atoms with Crippen LogP contribution in [0.4, 0.5) is 0 Å². The molecule has 3 nitrogen and oxygen atoms in total. The third-order valence-electron chi connectivity index (χ3n) is 1.62. The number of rotatable bonds is 1. The van der Waals surface area contributed by atoms with Gasteiger partial charge in [0.1, 0.15) is 11.5 Å². The van der Waals surface area contributed by atoms with Crippen molar-refractivity contribution in [2.45, 2.75) is 20.8 Å². The van der Waals surface area contributed by atoms with Gasteiger partial charge in [0.05, 0.1) is 5.71 Å². The lowest BCUT2D eigenvalue weighted by atomic mass is 10.2. The van der Waals surface area contributed by atoms with Gasteiger partial charge in [-0.3, -0.25) is 0 Å². The molecule has 0 aromatic carbocycles. The molecule has 0 aliphatic rings. The first kappa shape index (κ1) is 7.85. The predicted octanol–water partition coefficient (Wildman–Crippen LogP) is 1.58. The molecule has 0 bridgehead atoms. The van der Waals surface area contributed by atoms with E-state index in [1.165, 1.54) is 0 Å².